The molecule has 19 heavy (non-hydrogen) atoms. The monoisotopic (exact) mass is 292 g/mol. The molecule has 0 amide bonds. The van der Waals surface area contributed by atoms with E-state index >= 15 is 0 Å². The van der Waals surface area contributed by atoms with E-state index in [9.17, 15) is 22.7 Å². The molecule has 0 saturated carbocycles. The number of aliphatic hydroxyl groups is 1. The van der Waals surface area contributed by atoms with E-state index in [-0.39, 0.29) is 10.4 Å². The molecule has 2 rings (SSSR count). The first-order chi connectivity index (χ1) is 8.71. The third-order valence-electron chi connectivity index (χ3n) is 2.49. The van der Waals surface area contributed by atoms with Gasteiger partial charge >= 0.3 is 6.18 Å². The van der Waals surface area contributed by atoms with Crippen LogP contribution in [-0.4, -0.2) is 15.1 Å². The summed E-state index contributed by atoms with van der Waals surface area (Å²) in [5, 5.41) is 9.19. The van der Waals surface area contributed by atoms with Crippen molar-refractivity contribution < 1.29 is 22.7 Å². The van der Waals surface area contributed by atoms with Gasteiger partial charge in [0.25, 0.3) is 0 Å². The normalized spacial score (nSPS) is 15.3. The Morgan fingerprint density at radius 3 is 2.42 bits per heavy atom. The van der Waals surface area contributed by atoms with Gasteiger partial charge in [0.05, 0.1) is 11.1 Å². The predicted octanol–water partition coefficient (Wildman–Crippen LogP) is 2.95. The van der Waals surface area contributed by atoms with E-state index in [1.807, 2.05) is 0 Å². The van der Waals surface area contributed by atoms with Crippen LogP contribution < -0.4 is 0 Å². The Hall–Kier alpha value is -1.54. The zero-order valence-corrected chi connectivity index (χ0v) is 10.4. The van der Waals surface area contributed by atoms with Gasteiger partial charge < -0.3 is 5.11 Å². The van der Waals surface area contributed by atoms with Gasteiger partial charge in [-0.1, -0.05) is 0 Å². The smallest absolute Gasteiger partial charge is 0.380 e. The fourth-order valence-electron chi connectivity index (χ4n) is 1.45. The largest absolute Gasteiger partial charge is 0.443 e. The Morgan fingerprint density at radius 2 is 1.89 bits per heavy atom. The van der Waals surface area contributed by atoms with Crippen molar-refractivity contribution in [3.63, 3.8) is 0 Å². The van der Waals surface area contributed by atoms with Crippen molar-refractivity contribution in [2.45, 2.75) is 18.7 Å². The molecule has 0 aromatic carbocycles. The third-order valence-corrected chi connectivity index (χ3v) is 3.75. The van der Waals surface area contributed by atoms with E-state index in [4.69, 9.17) is 0 Å². The molecule has 102 valence electrons. The van der Waals surface area contributed by atoms with Gasteiger partial charge in [0.2, 0.25) is 0 Å². The summed E-state index contributed by atoms with van der Waals surface area (Å²) in [6.07, 6.45) is -1.51. The predicted molar refractivity (Wildman–Crippen MR) is 60.0 cm³/mol. The molecular weight excluding hydrogens is 284 g/mol. The molecule has 2 aromatic rings. The van der Waals surface area contributed by atoms with Gasteiger partial charge in [0, 0.05) is 18.0 Å². The van der Waals surface area contributed by atoms with Crippen LogP contribution in [0.25, 0.3) is 0 Å². The number of pyridine rings is 1. The molecule has 2 heterocycles. The molecule has 0 aliphatic carbocycles. The molecule has 8 heteroatoms. The van der Waals surface area contributed by atoms with Crippen LogP contribution in [0.1, 0.15) is 22.4 Å². The number of thiazole rings is 1. The van der Waals surface area contributed by atoms with Crippen LogP contribution >= 0.6 is 11.3 Å². The summed E-state index contributed by atoms with van der Waals surface area (Å²) in [5.74, 6) is -0.682. The molecule has 0 radical (unpaired) electrons. The lowest BCUT2D eigenvalue weighted by molar-refractivity contribution is -0.137. The maximum Gasteiger partial charge on any atom is 0.443 e. The number of aromatic nitrogens is 2. The Kier molecular flexibility index (Phi) is 3.31. The molecule has 0 fully saturated rings. The minimum Gasteiger partial charge on any atom is -0.380 e. The second-order valence-electron chi connectivity index (χ2n) is 3.99. The van der Waals surface area contributed by atoms with E-state index in [0.29, 0.717) is 11.3 Å². The highest BCUT2D eigenvalue weighted by molar-refractivity contribution is 7.11. The standard InChI is InChI=1S/C11H8F4N2OS/c1-10(18,6-2-7(12)4-16-3-6)8-5-17-9(19-8)11(13,14)15/h2-5,18H,1H3. The molecule has 0 aliphatic rings. The van der Waals surface area contributed by atoms with Gasteiger partial charge in [-0.2, -0.15) is 13.2 Å². The SMILES string of the molecule is CC(O)(c1cncc(F)c1)c1cnc(C(F)(F)F)s1. The first-order valence-corrected chi connectivity index (χ1v) is 5.90. The number of rotatable bonds is 2. The molecule has 1 atom stereocenters. The van der Waals surface area contributed by atoms with Gasteiger partial charge in [-0.15, -0.1) is 11.3 Å². The van der Waals surface area contributed by atoms with Crippen LogP contribution in [0.2, 0.25) is 0 Å². The number of hydrogen-bond acceptors (Lipinski definition) is 4. The number of nitrogens with zero attached hydrogens (tertiary/aromatic N) is 2. The number of halogens is 4. The molecule has 0 spiro atoms. The second kappa shape index (κ2) is 4.53. The fraction of sp³-hybridized carbons (Fsp3) is 0.273. The molecule has 1 N–H and O–H groups in total. The molecule has 2 aromatic heterocycles. The van der Waals surface area contributed by atoms with Gasteiger partial charge in [-0.05, 0) is 13.0 Å². The van der Waals surface area contributed by atoms with Crippen molar-refractivity contribution in [1.29, 1.82) is 0 Å². The van der Waals surface area contributed by atoms with Crippen molar-refractivity contribution in [1.82, 2.24) is 9.97 Å². The summed E-state index contributed by atoms with van der Waals surface area (Å²) >= 11 is 0.311. The quantitative estimate of drug-likeness (QED) is 0.866. The number of alkyl halides is 3. The minimum absolute atomic E-state index is 0.0350. The third kappa shape index (κ3) is 2.74. The van der Waals surface area contributed by atoms with Crippen LogP contribution in [0.3, 0.4) is 0 Å². The Morgan fingerprint density at radius 1 is 1.21 bits per heavy atom. The highest BCUT2D eigenvalue weighted by atomic mass is 32.1. The van der Waals surface area contributed by atoms with Crippen molar-refractivity contribution in [3.05, 3.63) is 45.9 Å². The minimum atomic E-state index is -4.57. The van der Waals surface area contributed by atoms with Crippen molar-refractivity contribution in [2.75, 3.05) is 0 Å². The van der Waals surface area contributed by atoms with Crippen LogP contribution in [0.5, 0.6) is 0 Å². The topological polar surface area (TPSA) is 46.0 Å². The van der Waals surface area contributed by atoms with Crippen molar-refractivity contribution in [2.24, 2.45) is 0 Å². The maximum atomic E-state index is 13.0. The lowest BCUT2D eigenvalue weighted by Gasteiger charge is -2.21. The highest BCUT2D eigenvalue weighted by Gasteiger charge is 2.37. The summed E-state index contributed by atoms with van der Waals surface area (Å²) in [4.78, 5) is 6.74. The first kappa shape index (κ1) is 13.9. The summed E-state index contributed by atoms with van der Waals surface area (Å²) in [5.41, 5.74) is -1.72. The summed E-state index contributed by atoms with van der Waals surface area (Å²) in [6.45, 7) is 1.26. The maximum absolute atomic E-state index is 13.0. The Bertz CT molecular complexity index is 594. The van der Waals surface area contributed by atoms with E-state index in [1.54, 1.807) is 0 Å². The van der Waals surface area contributed by atoms with Crippen LogP contribution in [0.15, 0.2) is 24.7 Å². The Balaban J connectivity index is 2.42. The van der Waals surface area contributed by atoms with E-state index < -0.39 is 22.6 Å². The van der Waals surface area contributed by atoms with E-state index in [1.165, 1.54) is 13.1 Å². The Labute approximate surface area is 109 Å². The van der Waals surface area contributed by atoms with Gasteiger partial charge in [0.15, 0.2) is 5.01 Å². The summed E-state index contributed by atoms with van der Waals surface area (Å²) in [6, 6.07) is 1.01. The average Bonchev–Trinajstić information content (AvgIpc) is 2.78. The zero-order chi connectivity index (χ0) is 14.3. The van der Waals surface area contributed by atoms with Crippen LogP contribution in [0.4, 0.5) is 17.6 Å². The summed E-state index contributed by atoms with van der Waals surface area (Å²) < 4.78 is 50.4. The molecule has 0 saturated heterocycles. The molecular formula is C11H8F4N2OS. The van der Waals surface area contributed by atoms with Crippen molar-refractivity contribution in [3.8, 4) is 0 Å². The van der Waals surface area contributed by atoms with Gasteiger partial charge in [0.1, 0.15) is 11.4 Å². The average molecular weight is 292 g/mol. The van der Waals surface area contributed by atoms with E-state index in [2.05, 4.69) is 9.97 Å². The van der Waals surface area contributed by atoms with Gasteiger partial charge in [-0.3, -0.25) is 4.98 Å². The molecule has 1 unspecified atom stereocenters. The number of hydrogen-bond donors (Lipinski definition) is 1. The van der Waals surface area contributed by atoms with Crippen LogP contribution in [0, 0.1) is 5.82 Å². The lowest BCUT2D eigenvalue weighted by atomic mass is 9.96. The molecule has 3 nitrogen and oxygen atoms in total. The van der Waals surface area contributed by atoms with Crippen molar-refractivity contribution >= 4 is 11.3 Å². The molecule has 0 aliphatic heterocycles. The van der Waals surface area contributed by atoms with Crippen LogP contribution in [-0.2, 0) is 11.8 Å². The fourth-order valence-corrected chi connectivity index (χ4v) is 2.30. The summed E-state index contributed by atoms with van der Waals surface area (Å²) in [7, 11) is 0. The highest BCUT2D eigenvalue weighted by Crippen LogP contribution is 2.38. The van der Waals surface area contributed by atoms with E-state index in [0.717, 1.165) is 18.5 Å². The zero-order valence-electron chi connectivity index (χ0n) is 9.57. The van der Waals surface area contributed by atoms with Gasteiger partial charge in [-0.25, -0.2) is 9.37 Å². The first-order valence-electron chi connectivity index (χ1n) is 5.08. The molecule has 0 bridgehead atoms. The second-order valence-corrected chi connectivity index (χ2v) is 5.02. The lowest BCUT2D eigenvalue weighted by Crippen LogP contribution is -2.21.